The maximum Gasteiger partial charge on any atom is 0.331 e. The van der Waals surface area contributed by atoms with E-state index in [0.717, 1.165) is 49.7 Å². The van der Waals surface area contributed by atoms with Crippen molar-refractivity contribution in [2.45, 2.75) is 86.4 Å². The minimum Gasteiger partial charge on any atom is -0.545 e. The van der Waals surface area contributed by atoms with Crippen molar-refractivity contribution in [1.29, 1.82) is 0 Å². The Kier molecular flexibility index (Phi) is 2.93. The van der Waals surface area contributed by atoms with Crippen LogP contribution in [0.2, 0.25) is 0 Å². The molecule has 1 aliphatic carbocycles. The predicted octanol–water partition coefficient (Wildman–Crippen LogP) is -0.364. The van der Waals surface area contributed by atoms with E-state index in [4.69, 9.17) is 4.74 Å². The van der Waals surface area contributed by atoms with Crippen LogP contribution in [0.5, 0.6) is 0 Å². The molecular weight excluding hydrogens is 396 g/mol. The lowest BCUT2D eigenvalue weighted by molar-refractivity contribution is -0.966. The Morgan fingerprint density at radius 2 is 2.19 bits per heavy atom. The molecule has 0 aromatic heterocycles. The molecule has 31 heavy (non-hydrogen) atoms. The van der Waals surface area contributed by atoms with Crippen molar-refractivity contribution in [2.24, 2.45) is 11.8 Å². The standard InChI is InChI=1S/C24H28N2O5/c27-19(28)8-12-7-13-16-11-23(12,30)18-4-2-6-26(16,18)22-15-10-24(17-3-1-5-25(15)17)14(21(13)22)9-20(29)31-24/h8-9,13,15-18,21-22,30H,1-7,10-11H2. The third-order valence-corrected chi connectivity index (χ3v) is 11.0. The molecule has 0 aromatic rings. The Morgan fingerprint density at radius 1 is 1.32 bits per heavy atom. The number of rotatable bonds is 1. The first-order chi connectivity index (χ1) is 14.9. The van der Waals surface area contributed by atoms with Crippen molar-refractivity contribution in [2.75, 3.05) is 13.1 Å². The summed E-state index contributed by atoms with van der Waals surface area (Å²) in [5.41, 5.74) is 0.399. The van der Waals surface area contributed by atoms with Gasteiger partial charge in [0.05, 0.1) is 30.6 Å². The molecule has 7 fully saturated rings. The number of carbonyl (C=O) groups excluding carboxylic acids is 2. The SMILES string of the molecule is O=C([O-])C=C1CC2C3C4=CC(=O)OC45CC(C3[N+]34CCCC3C1(O)CC24)N1CCCC15. The summed E-state index contributed by atoms with van der Waals surface area (Å²) >= 11 is 0. The minimum absolute atomic E-state index is 0.0656. The Bertz CT molecular complexity index is 1020. The molecule has 1 N–H and O–H groups in total. The number of nitrogens with zero attached hydrogens (tertiary/aromatic N) is 2. The van der Waals surface area contributed by atoms with E-state index in [0.29, 0.717) is 42.6 Å². The zero-order chi connectivity index (χ0) is 20.9. The number of aliphatic carboxylic acids is 1. The second kappa shape index (κ2) is 5.10. The molecule has 10 unspecified atom stereocenters. The minimum atomic E-state index is -1.21. The van der Waals surface area contributed by atoms with Crippen molar-refractivity contribution in [3.63, 3.8) is 0 Å². The Hall–Kier alpha value is -1.70. The lowest BCUT2D eigenvalue weighted by atomic mass is 9.61. The van der Waals surface area contributed by atoms with Crippen molar-refractivity contribution in [3.05, 3.63) is 23.3 Å². The van der Waals surface area contributed by atoms with E-state index in [1.165, 1.54) is 11.6 Å². The molecule has 7 aliphatic heterocycles. The zero-order valence-corrected chi connectivity index (χ0v) is 17.5. The molecular formula is C24H28N2O5. The molecule has 6 saturated heterocycles. The van der Waals surface area contributed by atoms with Crippen molar-refractivity contribution >= 4 is 11.9 Å². The van der Waals surface area contributed by atoms with Crippen LogP contribution in [0.1, 0.15) is 44.9 Å². The summed E-state index contributed by atoms with van der Waals surface area (Å²) in [4.78, 5) is 26.9. The van der Waals surface area contributed by atoms with Gasteiger partial charge in [0, 0.05) is 43.6 Å². The average molecular weight is 424 g/mol. The highest BCUT2D eigenvalue weighted by molar-refractivity contribution is 5.88. The Morgan fingerprint density at radius 3 is 3.03 bits per heavy atom. The van der Waals surface area contributed by atoms with Crippen LogP contribution in [0.25, 0.3) is 0 Å². The maximum atomic E-state index is 12.6. The van der Waals surface area contributed by atoms with Gasteiger partial charge in [0.2, 0.25) is 0 Å². The van der Waals surface area contributed by atoms with Gasteiger partial charge in [-0.25, -0.2) is 4.79 Å². The fraction of sp³-hybridized carbons (Fsp3) is 0.750. The normalized spacial score (nSPS) is 58.7. The van der Waals surface area contributed by atoms with E-state index in [2.05, 4.69) is 4.90 Å². The molecule has 0 amide bonds. The molecule has 8 rings (SSSR count). The number of fused-ring (bicyclic) bond motifs is 6. The third-order valence-electron chi connectivity index (χ3n) is 11.0. The van der Waals surface area contributed by atoms with E-state index in [1.807, 2.05) is 6.08 Å². The summed E-state index contributed by atoms with van der Waals surface area (Å²) in [6.45, 7) is 2.14. The van der Waals surface area contributed by atoms with Gasteiger partial charge in [0.15, 0.2) is 5.60 Å². The molecule has 7 heterocycles. The van der Waals surface area contributed by atoms with Crippen LogP contribution >= 0.6 is 0 Å². The zero-order valence-electron chi connectivity index (χ0n) is 17.5. The van der Waals surface area contributed by atoms with Gasteiger partial charge >= 0.3 is 5.97 Å². The molecule has 164 valence electrons. The number of quaternary nitrogens is 1. The van der Waals surface area contributed by atoms with Gasteiger partial charge in [0.25, 0.3) is 0 Å². The van der Waals surface area contributed by atoms with Crippen molar-refractivity contribution in [3.8, 4) is 0 Å². The first kappa shape index (κ1) is 17.8. The summed E-state index contributed by atoms with van der Waals surface area (Å²) in [5.74, 6) is -0.885. The number of carbonyl (C=O) groups is 2. The maximum absolute atomic E-state index is 12.6. The van der Waals surface area contributed by atoms with Crippen molar-refractivity contribution in [1.82, 2.24) is 4.90 Å². The topological polar surface area (TPSA) is 89.9 Å². The van der Waals surface area contributed by atoms with Crippen LogP contribution in [0.15, 0.2) is 23.3 Å². The number of hydrogen-bond donors (Lipinski definition) is 1. The van der Waals surface area contributed by atoms with Crippen molar-refractivity contribution < 1.29 is 29.0 Å². The predicted molar refractivity (Wildman–Crippen MR) is 105 cm³/mol. The number of ether oxygens (including phenoxy) is 1. The molecule has 7 heteroatoms. The second-order valence-corrected chi connectivity index (χ2v) is 11.5. The fourth-order valence-electron chi connectivity index (χ4n) is 10.7. The van der Waals surface area contributed by atoms with E-state index in [-0.39, 0.29) is 23.8 Å². The first-order valence-electron chi connectivity index (χ1n) is 12.1. The fourth-order valence-corrected chi connectivity index (χ4v) is 10.7. The molecule has 8 aliphatic rings. The molecule has 1 saturated carbocycles. The number of esters is 1. The molecule has 0 aromatic carbocycles. The first-order valence-corrected chi connectivity index (χ1v) is 12.1. The summed E-state index contributed by atoms with van der Waals surface area (Å²) < 4.78 is 7.12. The lowest BCUT2D eigenvalue weighted by Crippen LogP contribution is -2.66. The smallest absolute Gasteiger partial charge is 0.331 e. The number of carboxylic acids is 1. The molecule has 0 radical (unpaired) electrons. The van der Waals surface area contributed by atoms with Crippen LogP contribution in [0, 0.1) is 11.8 Å². The highest BCUT2D eigenvalue weighted by atomic mass is 16.6. The number of aliphatic hydroxyl groups is 1. The number of carboxylic acid groups (broad SMARTS) is 1. The highest BCUT2D eigenvalue weighted by Gasteiger charge is 2.83. The quantitative estimate of drug-likeness (QED) is 0.351. The van der Waals surface area contributed by atoms with Crippen LogP contribution in [0.4, 0.5) is 0 Å². The average Bonchev–Trinajstić information content (AvgIpc) is 3.49. The molecule has 2 spiro atoms. The van der Waals surface area contributed by atoms with E-state index < -0.39 is 17.2 Å². The summed E-state index contributed by atoms with van der Waals surface area (Å²) in [7, 11) is 0. The molecule has 10 atom stereocenters. The monoisotopic (exact) mass is 424 g/mol. The second-order valence-electron chi connectivity index (χ2n) is 11.5. The van der Waals surface area contributed by atoms with Crippen LogP contribution in [-0.4, -0.2) is 80.9 Å². The van der Waals surface area contributed by atoms with Crippen LogP contribution in [-0.2, 0) is 14.3 Å². The van der Waals surface area contributed by atoms with Gasteiger partial charge in [-0.05, 0) is 43.0 Å². The van der Waals surface area contributed by atoms with E-state index in [1.54, 1.807) is 0 Å². The summed E-state index contributed by atoms with van der Waals surface area (Å²) in [5, 5.41) is 23.5. The lowest BCUT2D eigenvalue weighted by Gasteiger charge is -2.50. The van der Waals surface area contributed by atoms with Gasteiger partial charge in [-0.1, -0.05) is 0 Å². The van der Waals surface area contributed by atoms with Gasteiger partial charge in [-0.15, -0.1) is 0 Å². The largest absolute Gasteiger partial charge is 0.545 e. The van der Waals surface area contributed by atoms with Crippen LogP contribution in [0.3, 0.4) is 0 Å². The third kappa shape index (κ3) is 1.67. The van der Waals surface area contributed by atoms with Crippen LogP contribution < -0.4 is 5.11 Å². The number of hydrogen-bond acceptors (Lipinski definition) is 6. The van der Waals surface area contributed by atoms with Gasteiger partial charge in [0.1, 0.15) is 17.7 Å². The Labute approximate surface area is 180 Å². The molecule has 4 bridgehead atoms. The summed E-state index contributed by atoms with van der Waals surface area (Å²) in [6.07, 6.45) is 9.43. The van der Waals surface area contributed by atoms with Gasteiger partial charge in [-0.3, -0.25) is 4.90 Å². The highest BCUT2D eigenvalue weighted by Crippen LogP contribution is 2.71. The van der Waals surface area contributed by atoms with Gasteiger partial charge < -0.3 is 24.2 Å². The van der Waals surface area contributed by atoms with Gasteiger partial charge in [-0.2, -0.15) is 0 Å². The summed E-state index contributed by atoms with van der Waals surface area (Å²) in [6, 6.07) is 1.48. The molecule has 7 nitrogen and oxygen atoms in total. The Balaban J connectivity index is 1.37. The van der Waals surface area contributed by atoms with E-state index >= 15 is 0 Å². The van der Waals surface area contributed by atoms with E-state index in [9.17, 15) is 19.8 Å².